The summed E-state index contributed by atoms with van der Waals surface area (Å²) in [5.74, 6) is 0.886. The molecule has 0 saturated carbocycles. The summed E-state index contributed by atoms with van der Waals surface area (Å²) in [6, 6.07) is 22.1. The Labute approximate surface area is 169 Å². The molecular weight excluding hydrogens is 376 g/mol. The van der Waals surface area contributed by atoms with E-state index in [2.05, 4.69) is 10.6 Å². The standard InChI is InChI=1S/C22H21ClN2O3/c1-27-19-14-18(20(28-2)13-17(19)23)24-22(26)25-21(15-9-5-3-6-10-15)16-11-7-4-8-12-16/h3-14,21H,1-2H3,(H2,24,25,26). The zero-order valence-electron chi connectivity index (χ0n) is 15.6. The van der Waals surface area contributed by atoms with Crippen molar-refractivity contribution >= 4 is 23.3 Å². The largest absolute Gasteiger partial charge is 0.495 e. The SMILES string of the molecule is COc1cc(NC(=O)NC(c2ccccc2)c2ccccc2)c(OC)cc1Cl. The molecule has 0 aliphatic rings. The normalized spacial score (nSPS) is 10.4. The molecule has 3 rings (SSSR count). The van der Waals surface area contributed by atoms with Gasteiger partial charge in [0.1, 0.15) is 11.5 Å². The third kappa shape index (κ3) is 4.56. The predicted molar refractivity (Wildman–Crippen MR) is 111 cm³/mol. The molecule has 0 saturated heterocycles. The van der Waals surface area contributed by atoms with E-state index >= 15 is 0 Å². The van der Waals surface area contributed by atoms with Crippen molar-refractivity contribution in [1.29, 1.82) is 0 Å². The molecule has 0 fully saturated rings. The Kier molecular flexibility index (Phi) is 6.40. The lowest BCUT2D eigenvalue weighted by Crippen LogP contribution is -2.33. The Morgan fingerprint density at radius 3 is 1.89 bits per heavy atom. The van der Waals surface area contributed by atoms with E-state index in [9.17, 15) is 4.79 Å². The number of hydrogen-bond acceptors (Lipinski definition) is 3. The second-order valence-corrected chi connectivity index (χ2v) is 6.45. The van der Waals surface area contributed by atoms with Crippen LogP contribution in [0.5, 0.6) is 11.5 Å². The number of rotatable bonds is 6. The third-order valence-corrected chi connectivity index (χ3v) is 4.56. The van der Waals surface area contributed by atoms with Gasteiger partial charge in [0.05, 0.1) is 31.0 Å². The molecule has 0 aliphatic heterocycles. The van der Waals surface area contributed by atoms with Crippen LogP contribution in [-0.4, -0.2) is 20.3 Å². The fourth-order valence-electron chi connectivity index (χ4n) is 2.90. The minimum Gasteiger partial charge on any atom is -0.495 e. The second kappa shape index (κ2) is 9.15. The van der Waals surface area contributed by atoms with Gasteiger partial charge >= 0.3 is 6.03 Å². The number of anilines is 1. The number of nitrogens with one attached hydrogen (secondary N) is 2. The summed E-state index contributed by atoms with van der Waals surface area (Å²) in [6.07, 6.45) is 0. The Bertz CT molecular complexity index is 894. The molecule has 0 aliphatic carbocycles. The summed E-state index contributed by atoms with van der Waals surface area (Å²) >= 11 is 6.13. The molecule has 28 heavy (non-hydrogen) atoms. The fourth-order valence-corrected chi connectivity index (χ4v) is 3.13. The number of ether oxygens (including phenoxy) is 2. The molecule has 0 atom stereocenters. The van der Waals surface area contributed by atoms with Gasteiger partial charge in [0.25, 0.3) is 0 Å². The Morgan fingerprint density at radius 1 is 0.857 bits per heavy atom. The summed E-state index contributed by atoms with van der Waals surface area (Å²) in [5, 5.41) is 6.24. The second-order valence-electron chi connectivity index (χ2n) is 6.04. The van der Waals surface area contributed by atoms with Crippen LogP contribution in [-0.2, 0) is 0 Å². The van der Waals surface area contributed by atoms with Crippen LogP contribution in [0.3, 0.4) is 0 Å². The van der Waals surface area contributed by atoms with E-state index in [1.165, 1.54) is 14.2 Å². The molecule has 2 N–H and O–H groups in total. The number of methoxy groups -OCH3 is 2. The van der Waals surface area contributed by atoms with E-state index < -0.39 is 0 Å². The molecule has 0 spiro atoms. The Morgan fingerprint density at radius 2 is 1.39 bits per heavy atom. The van der Waals surface area contributed by atoms with Crippen molar-refractivity contribution in [3.05, 3.63) is 88.9 Å². The highest BCUT2D eigenvalue weighted by Gasteiger charge is 2.18. The van der Waals surface area contributed by atoms with Crippen LogP contribution in [0.15, 0.2) is 72.8 Å². The topological polar surface area (TPSA) is 59.6 Å². The first-order valence-corrected chi connectivity index (χ1v) is 9.09. The van der Waals surface area contributed by atoms with E-state index in [4.69, 9.17) is 21.1 Å². The monoisotopic (exact) mass is 396 g/mol. The molecule has 144 valence electrons. The summed E-state index contributed by atoms with van der Waals surface area (Å²) < 4.78 is 10.5. The average molecular weight is 397 g/mol. The highest BCUT2D eigenvalue weighted by atomic mass is 35.5. The van der Waals surface area contributed by atoms with Crippen molar-refractivity contribution in [2.75, 3.05) is 19.5 Å². The molecular formula is C22H21ClN2O3. The highest BCUT2D eigenvalue weighted by molar-refractivity contribution is 6.32. The minimum atomic E-state index is -0.375. The first-order valence-electron chi connectivity index (χ1n) is 8.71. The lowest BCUT2D eigenvalue weighted by atomic mass is 9.99. The minimum absolute atomic E-state index is 0.303. The van der Waals surface area contributed by atoms with Crippen LogP contribution in [0.1, 0.15) is 17.2 Å². The summed E-state index contributed by atoms with van der Waals surface area (Å²) in [6.45, 7) is 0. The van der Waals surface area contributed by atoms with E-state index in [1.807, 2.05) is 60.7 Å². The molecule has 3 aromatic rings. The van der Waals surface area contributed by atoms with Gasteiger partial charge in [-0.25, -0.2) is 4.79 Å². The number of amides is 2. The highest BCUT2D eigenvalue weighted by Crippen LogP contribution is 2.36. The third-order valence-electron chi connectivity index (χ3n) is 4.26. The summed E-state index contributed by atoms with van der Waals surface area (Å²) in [4.78, 5) is 12.8. The van der Waals surface area contributed by atoms with E-state index in [1.54, 1.807) is 12.1 Å². The molecule has 0 unspecified atom stereocenters. The first kappa shape index (κ1) is 19.6. The molecule has 3 aromatic carbocycles. The van der Waals surface area contributed by atoms with Crippen molar-refractivity contribution < 1.29 is 14.3 Å². The number of halogens is 1. The maximum atomic E-state index is 12.8. The molecule has 0 aromatic heterocycles. The molecule has 2 amide bonds. The van der Waals surface area contributed by atoms with Gasteiger partial charge in [-0.1, -0.05) is 72.3 Å². The van der Waals surface area contributed by atoms with Crippen LogP contribution in [0.2, 0.25) is 5.02 Å². The zero-order valence-corrected chi connectivity index (χ0v) is 16.4. The lowest BCUT2D eigenvalue weighted by molar-refractivity contribution is 0.250. The number of benzene rings is 3. The van der Waals surface area contributed by atoms with Crippen LogP contribution in [0.4, 0.5) is 10.5 Å². The van der Waals surface area contributed by atoms with Crippen molar-refractivity contribution in [3.63, 3.8) is 0 Å². The van der Waals surface area contributed by atoms with E-state index in [-0.39, 0.29) is 12.1 Å². The first-order chi connectivity index (χ1) is 13.6. The van der Waals surface area contributed by atoms with Crippen molar-refractivity contribution in [2.45, 2.75) is 6.04 Å². The maximum absolute atomic E-state index is 12.8. The van der Waals surface area contributed by atoms with Crippen molar-refractivity contribution in [1.82, 2.24) is 5.32 Å². The summed E-state index contributed by atoms with van der Waals surface area (Å²) in [5.41, 5.74) is 2.41. The molecule has 5 nitrogen and oxygen atoms in total. The van der Waals surface area contributed by atoms with E-state index in [0.717, 1.165) is 11.1 Å². The number of hydrogen-bond donors (Lipinski definition) is 2. The van der Waals surface area contributed by atoms with Crippen molar-refractivity contribution in [3.8, 4) is 11.5 Å². The molecule has 0 heterocycles. The lowest BCUT2D eigenvalue weighted by Gasteiger charge is -2.21. The van der Waals surface area contributed by atoms with Crippen LogP contribution in [0.25, 0.3) is 0 Å². The number of urea groups is 1. The van der Waals surface area contributed by atoms with Gasteiger partial charge in [0.2, 0.25) is 0 Å². The quantitative estimate of drug-likeness (QED) is 0.596. The van der Waals surface area contributed by atoms with Crippen LogP contribution >= 0.6 is 11.6 Å². The van der Waals surface area contributed by atoms with Gasteiger partial charge in [-0.3, -0.25) is 0 Å². The fraction of sp³-hybridized carbons (Fsp3) is 0.136. The maximum Gasteiger partial charge on any atom is 0.320 e. The van der Waals surface area contributed by atoms with E-state index in [0.29, 0.717) is 22.2 Å². The summed E-state index contributed by atoms with van der Waals surface area (Å²) in [7, 11) is 3.02. The van der Waals surface area contributed by atoms with Crippen LogP contribution in [0, 0.1) is 0 Å². The Hall–Kier alpha value is -3.18. The molecule has 0 radical (unpaired) electrons. The average Bonchev–Trinajstić information content (AvgIpc) is 2.74. The smallest absolute Gasteiger partial charge is 0.320 e. The Balaban J connectivity index is 1.85. The zero-order chi connectivity index (χ0) is 19.9. The molecule has 0 bridgehead atoms. The van der Waals surface area contributed by atoms with Gasteiger partial charge in [-0.05, 0) is 11.1 Å². The van der Waals surface area contributed by atoms with Gasteiger partial charge < -0.3 is 20.1 Å². The van der Waals surface area contributed by atoms with Gasteiger partial charge in [0.15, 0.2) is 0 Å². The van der Waals surface area contributed by atoms with Crippen LogP contribution < -0.4 is 20.1 Å². The number of carbonyl (C=O) groups excluding carboxylic acids is 1. The van der Waals surface area contributed by atoms with Gasteiger partial charge in [0, 0.05) is 12.1 Å². The predicted octanol–water partition coefficient (Wildman–Crippen LogP) is 5.27. The number of carbonyl (C=O) groups is 1. The van der Waals surface area contributed by atoms with Crippen molar-refractivity contribution in [2.24, 2.45) is 0 Å². The van der Waals surface area contributed by atoms with Gasteiger partial charge in [-0.15, -0.1) is 0 Å². The van der Waals surface area contributed by atoms with Gasteiger partial charge in [-0.2, -0.15) is 0 Å². The molecule has 6 heteroatoms.